The first-order valence-electron chi connectivity index (χ1n) is 5.89. The van der Waals surface area contributed by atoms with Crippen LogP contribution in [0.4, 0.5) is 0 Å². The van der Waals surface area contributed by atoms with Gasteiger partial charge in [0.15, 0.2) is 5.75 Å². The van der Waals surface area contributed by atoms with E-state index < -0.39 is 11.7 Å². The van der Waals surface area contributed by atoms with Crippen molar-refractivity contribution in [2.75, 3.05) is 13.7 Å². The summed E-state index contributed by atoms with van der Waals surface area (Å²) in [5, 5.41) is 14.6. The molecule has 0 saturated carbocycles. The summed E-state index contributed by atoms with van der Waals surface area (Å²) in [6, 6.07) is 0. The molecule has 1 rings (SSSR count). The molecule has 1 aromatic rings. The van der Waals surface area contributed by atoms with Crippen LogP contribution in [-0.2, 0) is 11.3 Å². The monoisotopic (exact) mass is 242 g/mol. The lowest BCUT2D eigenvalue weighted by Gasteiger charge is -2.31. The van der Waals surface area contributed by atoms with E-state index >= 15 is 0 Å². The number of aliphatic hydroxyl groups is 1. The fourth-order valence-corrected chi connectivity index (χ4v) is 1.84. The number of nitrogens with zero attached hydrogens (tertiary/aromatic N) is 2. The van der Waals surface area contributed by atoms with Crippen molar-refractivity contribution in [3.8, 4) is 5.75 Å². The first kappa shape index (κ1) is 14.0. The standard InChI is InChI=1S/C12H22N2O3/c1-6-14-10(9(16-5)8-13-14)11(15)12(3,4)17-7-2/h8,11,15H,6-7H2,1-5H3. The van der Waals surface area contributed by atoms with Crippen LogP contribution in [-0.4, -0.2) is 34.2 Å². The maximum Gasteiger partial charge on any atom is 0.162 e. The molecule has 1 unspecified atom stereocenters. The number of hydrogen-bond donors (Lipinski definition) is 1. The maximum atomic E-state index is 10.4. The molecule has 98 valence electrons. The smallest absolute Gasteiger partial charge is 0.162 e. The summed E-state index contributed by atoms with van der Waals surface area (Å²) in [6.45, 7) is 8.81. The molecule has 0 aliphatic carbocycles. The molecule has 5 nitrogen and oxygen atoms in total. The Balaban J connectivity index is 3.09. The van der Waals surface area contributed by atoms with Gasteiger partial charge in [-0.15, -0.1) is 0 Å². The van der Waals surface area contributed by atoms with Crippen molar-refractivity contribution in [3.05, 3.63) is 11.9 Å². The minimum atomic E-state index is -0.778. The van der Waals surface area contributed by atoms with E-state index in [1.165, 1.54) is 0 Å². The van der Waals surface area contributed by atoms with Crippen molar-refractivity contribution in [2.45, 2.75) is 45.9 Å². The van der Waals surface area contributed by atoms with E-state index in [9.17, 15) is 5.11 Å². The van der Waals surface area contributed by atoms with E-state index in [1.807, 2.05) is 27.7 Å². The molecule has 5 heteroatoms. The first-order valence-corrected chi connectivity index (χ1v) is 5.89. The van der Waals surface area contributed by atoms with Crippen LogP contribution in [0.25, 0.3) is 0 Å². The van der Waals surface area contributed by atoms with Crippen molar-refractivity contribution < 1.29 is 14.6 Å². The first-order chi connectivity index (χ1) is 7.97. The molecule has 0 spiro atoms. The Kier molecular flexibility index (Phi) is 4.54. The van der Waals surface area contributed by atoms with Gasteiger partial charge in [0.05, 0.1) is 18.9 Å². The highest BCUT2D eigenvalue weighted by Crippen LogP contribution is 2.34. The minimum absolute atomic E-state index is 0.548. The summed E-state index contributed by atoms with van der Waals surface area (Å²) in [6.07, 6.45) is 0.837. The number of hydrogen-bond acceptors (Lipinski definition) is 4. The van der Waals surface area contributed by atoms with Crippen LogP contribution in [0.2, 0.25) is 0 Å². The third kappa shape index (κ3) is 2.79. The van der Waals surface area contributed by atoms with Gasteiger partial charge in [0.25, 0.3) is 0 Å². The molecule has 1 aromatic heterocycles. The molecule has 0 bridgehead atoms. The molecule has 0 radical (unpaired) electrons. The van der Waals surface area contributed by atoms with Gasteiger partial charge in [0, 0.05) is 13.2 Å². The molecule has 17 heavy (non-hydrogen) atoms. The van der Waals surface area contributed by atoms with Crippen molar-refractivity contribution in [2.24, 2.45) is 0 Å². The Hall–Kier alpha value is -1.07. The predicted octanol–water partition coefficient (Wildman–Crippen LogP) is 1.76. The number of aliphatic hydroxyl groups excluding tert-OH is 1. The molecular formula is C12H22N2O3. The van der Waals surface area contributed by atoms with Crippen LogP contribution in [0.1, 0.15) is 39.5 Å². The second kappa shape index (κ2) is 5.51. The Morgan fingerprint density at radius 3 is 2.59 bits per heavy atom. The van der Waals surface area contributed by atoms with Crippen molar-refractivity contribution in [1.29, 1.82) is 0 Å². The summed E-state index contributed by atoms with van der Waals surface area (Å²) in [4.78, 5) is 0. The molecule has 0 aliphatic rings. The molecule has 0 aromatic carbocycles. The lowest BCUT2D eigenvalue weighted by Crippen LogP contribution is -2.34. The fraction of sp³-hybridized carbons (Fsp3) is 0.750. The number of ether oxygens (including phenoxy) is 2. The zero-order valence-corrected chi connectivity index (χ0v) is 11.2. The van der Waals surface area contributed by atoms with Gasteiger partial charge < -0.3 is 14.6 Å². The van der Waals surface area contributed by atoms with Crippen molar-refractivity contribution >= 4 is 0 Å². The third-order valence-electron chi connectivity index (χ3n) is 2.80. The molecule has 1 atom stereocenters. The number of aryl methyl sites for hydroxylation is 1. The van der Waals surface area contributed by atoms with Crippen LogP contribution in [0.3, 0.4) is 0 Å². The molecular weight excluding hydrogens is 220 g/mol. The Labute approximate surface area is 102 Å². The second-order valence-corrected chi connectivity index (χ2v) is 4.35. The van der Waals surface area contributed by atoms with Crippen LogP contribution in [0.15, 0.2) is 6.20 Å². The minimum Gasteiger partial charge on any atom is -0.493 e. The van der Waals surface area contributed by atoms with Gasteiger partial charge in [0.1, 0.15) is 11.8 Å². The Morgan fingerprint density at radius 1 is 1.47 bits per heavy atom. The van der Waals surface area contributed by atoms with E-state index in [0.717, 1.165) is 0 Å². The van der Waals surface area contributed by atoms with E-state index in [2.05, 4.69) is 5.10 Å². The summed E-state index contributed by atoms with van der Waals surface area (Å²) in [7, 11) is 1.57. The largest absolute Gasteiger partial charge is 0.493 e. The summed E-state index contributed by atoms with van der Waals surface area (Å²) >= 11 is 0. The van der Waals surface area contributed by atoms with Crippen molar-refractivity contribution in [1.82, 2.24) is 9.78 Å². The molecule has 1 heterocycles. The predicted molar refractivity (Wildman–Crippen MR) is 65.1 cm³/mol. The van der Waals surface area contributed by atoms with Gasteiger partial charge >= 0.3 is 0 Å². The third-order valence-corrected chi connectivity index (χ3v) is 2.80. The fourth-order valence-electron chi connectivity index (χ4n) is 1.84. The van der Waals surface area contributed by atoms with Gasteiger partial charge in [0.2, 0.25) is 0 Å². The van der Waals surface area contributed by atoms with Crippen LogP contribution in [0.5, 0.6) is 5.75 Å². The molecule has 0 aliphatic heterocycles. The number of rotatable bonds is 6. The van der Waals surface area contributed by atoms with E-state index in [0.29, 0.717) is 24.6 Å². The highest BCUT2D eigenvalue weighted by atomic mass is 16.5. The zero-order chi connectivity index (χ0) is 13.1. The van der Waals surface area contributed by atoms with E-state index in [4.69, 9.17) is 9.47 Å². The van der Waals surface area contributed by atoms with Crippen LogP contribution >= 0.6 is 0 Å². The van der Waals surface area contributed by atoms with Gasteiger partial charge in [-0.05, 0) is 27.7 Å². The Morgan fingerprint density at radius 2 is 2.12 bits per heavy atom. The number of aromatic nitrogens is 2. The summed E-state index contributed by atoms with van der Waals surface area (Å²) in [5.74, 6) is 0.590. The topological polar surface area (TPSA) is 56.5 Å². The van der Waals surface area contributed by atoms with Gasteiger partial charge in [-0.25, -0.2) is 0 Å². The van der Waals surface area contributed by atoms with Gasteiger partial charge in [-0.3, -0.25) is 4.68 Å². The van der Waals surface area contributed by atoms with Crippen molar-refractivity contribution in [3.63, 3.8) is 0 Å². The Bertz CT molecular complexity index is 339. The molecule has 0 fully saturated rings. The van der Waals surface area contributed by atoms with E-state index in [1.54, 1.807) is 18.0 Å². The average Bonchev–Trinajstić information content (AvgIpc) is 2.70. The van der Waals surface area contributed by atoms with Crippen LogP contribution in [0, 0.1) is 0 Å². The van der Waals surface area contributed by atoms with Gasteiger partial charge in [-0.1, -0.05) is 0 Å². The molecule has 0 saturated heterocycles. The molecule has 0 amide bonds. The van der Waals surface area contributed by atoms with Gasteiger partial charge in [-0.2, -0.15) is 5.10 Å². The quantitative estimate of drug-likeness (QED) is 0.826. The maximum absolute atomic E-state index is 10.4. The lowest BCUT2D eigenvalue weighted by molar-refractivity contribution is -0.102. The SMILES string of the molecule is CCOC(C)(C)C(O)c1c(OC)cnn1CC. The molecule has 1 N–H and O–H groups in total. The zero-order valence-electron chi connectivity index (χ0n) is 11.2. The highest BCUT2D eigenvalue weighted by Gasteiger charge is 2.34. The number of methoxy groups -OCH3 is 1. The highest BCUT2D eigenvalue weighted by molar-refractivity contribution is 5.29. The summed E-state index contributed by atoms with van der Waals surface area (Å²) in [5.41, 5.74) is -0.0110. The average molecular weight is 242 g/mol. The van der Waals surface area contributed by atoms with Crippen LogP contribution < -0.4 is 4.74 Å². The lowest BCUT2D eigenvalue weighted by atomic mass is 9.98. The second-order valence-electron chi connectivity index (χ2n) is 4.35. The normalized spacial score (nSPS) is 13.8. The summed E-state index contributed by atoms with van der Waals surface area (Å²) < 4.78 is 12.5. The van der Waals surface area contributed by atoms with E-state index in [-0.39, 0.29) is 0 Å².